The first-order chi connectivity index (χ1) is 8.95. The van der Waals surface area contributed by atoms with Gasteiger partial charge in [0.1, 0.15) is 5.82 Å². The first kappa shape index (κ1) is 13.1. The summed E-state index contributed by atoms with van der Waals surface area (Å²) in [5.41, 5.74) is 1.58. The number of amides is 1. The number of carbonyl (C=O) groups is 1. The minimum absolute atomic E-state index is 0.0893. The van der Waals surface area contributed by atoms with Crippen molar-refractivity contribution in [3.8, 4) is 0 Å². The Morgan fingerprint density at radius 2 is 1.84 bits per heavy atom. The quantitative estimate of drug-likeness (QED) is 0.873. The standard InChI is InChI=1S/C12H16N6O/c1-6(2)9-15-10(18-17-9)11(19)16-12-13-7(3)5-8(4)14-12/h5-6H,1-4H3,(H,15,17,18)(H,13,14,16,19). The Bertz CT molecular complexity index is 584. The summed E-state index contributed by atoms with van der Waals surface area (Å²) in [6.07, 6.45) is 0. The lowest BCUT2D eigenvalue weighted by Crippen LogP contribution is -2.16. The molecule has 1 amide bonds. The summed E-state index contributed by atoms with van der Waals surface area (Å²) < 4.78 is 0. The first-order valence-corrected chi connectivity index (χ1v) is 6.01. The third kappa shape index (κ3) is 3.12. The fourth-order valence-electron chi connectivity index (χ4n) is 1.57. The molecule has 0 fully saturated rings. The van der Waals surface area contributed by atoms with Crippen molar-refractivity contribution >= 4 is 11.9 Å². The lowest BCUT2D eigenvalue weighted by Gasteiger charge is -2.03. The van der Waals surface area contributed by atoms with E-state index in [0.717, 1.165) is 11.4 Å². The molecule has 2 rings (SSSR count). The summed E-state index contributed by atoms with van der Waals surface area (Å²) in [6, 6.07) is 1.83. The van der Waals surface area contributed by atoms with Crippen LogP contribution in [0.15, 0.2) is 6.07 Å². The van der Waals surface area contributed by atoms with Crippen LogP contribution in [0, 0.1) is 13.8 Å². The van der Waals surface area contributed by atoms with Gasteiger partial charge in [-0.25, -0.2) is 15.0 Å². The fraction of sp³-hybridized carbons (Fsp3) is 0.417. The van der Waals surface area contributed by atoms with Crippen LogP contribution in [0.1, 0.15) is 47.6 Å². The molecule has 0 aliphatic carbocycles. The monoisotopic (exact) mass is 260 g/mol. The van der Waals surface area contributed by atoms with Crippen molar-refractivity contribution in [3.05, 3.63) is 29.1 Å². The second kappa shape index (κ2) is 5.13. The number of aromatic nitrogens is 5. The summed E-state index contributed by atoms with van der Waals surface area (Å²) in [7, 11) is 0. The molecule has 0 spiro atoms. The van der Waals surface area contributed by atoms with Gasteiger partial charge >= 0.3 is 0 Å². The van der Waals surface area contributed by atoms with E-state index in [-0.39, 0.29) is 17.7 Å². The first-order valence-electron chi connectivity index (χ1n) is 6.01. The summed E-state index contributed by atoms with van der Waals surface area (Å²) in [5.74, 6) is 0.788. The fourth-order valence-corrected chi connectivity index (χ4v) is 1.57. The average Bonchev–Trinajstić information content (AvgIpc) is 2.76. The Labute approximate surface area is 110 Å². The van der Waals surface area contributed by atoms with Crippen molar-refractivity contribution in [3.63, 3.8) is 0 Å². The molecule has 0 aliphatic heterocycles. The maximum atomic E-state index is 11.9. The van der Waals surface area contributed by atoms with E-state index in [0.29, 0.717) is 5.82 Å². The molecular formula is C12H16N6O. The van der Waals surface area contributed by atoms with Crippen molar-refractivity contribution in [2.24, 2.45) is 0 Å². The van der Waals surface area contributed by atoms with Crippen LogP contribution in [-0.4, -0.2) is 31.1 Å². The number of anilines is 1. The molecule has 0 bridgehead atoms. The highest BCUT2D eigenvalue weighted by molar-refractivity contribution is 6.00. The van der Waals surface area contributed by atoms with Gasteiger partial charge in [-0.3, -0.25) is 15.2 Å². The molecule has 2 N–H and O–H groups in total. The van der Waals surface area contributed by atoms with Crippen LogP contribution in [0.4, 0.5) is 5.95 Å². The zero-order valence-corrected chi connectivity index (χ0v) is 11.4. The minimum atomic E-state index is -0.423. The SMILES string of the molecule is Cc1cc(C)nc(NC(=O)c2n[nH]c(C(C)C)n2)n1. The van der Waals surface area contributed by atoms with Crippen LogP contribution in [0.25, 0.3) is 0 Å². The molecule has 100 valence electrons. The van der Waals surface area contributed by atoms with Crippen LogP contribution >= 0.6 is 0 Å². The maximum absolute atomic E-state index is 11.9. The van der Waals surface area contributed by atoms with Crippen LogP contribution < -0.4 is 5.32 Å². The molecular weight excluding hydrogens is 244 g/mol. The van der Waals surface area contributed by atoms with Gasteiger partial charge in [0.2, 0.25) is 11.8 Å². The van der Waals surface area contributed by atoms with E-state index in [4.69, 9.17) is 0 Å². The number of nitrogens with one attached hydrogen (secondary N) is 2. The van der Waals surface area contributed by atoms with E-state index in [1.807, 2.05) is 33.8 Å². The van der Waals surface area contributed by atoms with Crippen molar-refractivity contribution in [1.82, 2.24) is 25.1 Å². The van der Waals surface area contributed by atoms with E-state index >= 15 is 0 Å². The number of nitrogens with zero attached hydrogens (tertiary/aromatic N) is 4. The zero-order valence-electron chi connectivity index (χ0n) is 11.4. The van der Waals surface area contributed by atoms with E-state index in [1.165, 1.54) is 0 Å². The number of H-pyrrole nitrogens is 1. The highest BCUT2D eigenvalue weighted by Gasteiger charge is 2.15. The molecule has 0 radical (unpaired) electrons. The topological polar surface area (TPSA) is 96.5 Å². The Morgan fingerprint density at radius 1 is 1.21 bits per heavy atom. The molecule has 0 aromatic carbocycles. The van der Waals surface area contributed by atoms with E-state index < -0.39 is 5.91 Å². The molecule has 0 aliphatic rings. The van der Waals surface area contributed by atoms with E-state index in [2.05, 4.69) is 30.5 Å². The van der Waals surface area contributed by atoms with Gasteiger partial charge in [-0.15, -0.1) is 5.10 Å². The van der Waals surface area contributed by atoms with Gasteiger partial charge in [0.25, 0.3) is 5.91 Å². The molecule has 0 saturated heterocycles. The number of hydrogen-bond acceptors (Lipinski definition) is 5. The molecule has 2 aromatic heterocycles. The Kier molecular flexibility index (Phi) is 3.55. The highest BCUT2D eigenvalue weighted by atomic mass is 16.2. The molecule has 2 heterocycles. The average molecular weight is 260 g/mol. The maximum Gasteiger partial charge on any atom is 0.297 e. The summed E-state index contributed by atoms with van der Waals surface area (Å²) >= 11 is 0. The summed E-state index contributed by atoms with van der Waals surface area (Å²) in [5, 5.41) is 9.19. The molecule has 7 heteroatoms. The highest BCUT2D eigenvalue weighted by Crippen LogP contribution is 2.09. The van der Waals surface area contributed by atoms with Crippen LogP contribution in [0.5, 0.6) is 0 Å². The second-order valence-electron chi connectivity index (χ2n) is 4.63. The zero-order chi connectivity index (χ0) is 14.0. The molecule has 0 saturated carbocycles. The minimum Gasteiger partial charge on any atom is -0.288 e. The molecule has 0 atom stereocenters. The van der Waals surface area contributed by atoms with Crippen LogP contribution in [-0.2, 0) is 0 Å². The third-order valence-electron chi connectivity index (χ3n) is 2.46. The lowest BCUT2D eigenvalue weighted by atomic mass is 10.2. The number of aromatic amines is 1. The van der Waals surface area contributed by atoms with Gasteiger partial charge in [0.15, 0.2) is 0 Å². The van der Waals surface area contributed by atoms with Gasteiger partial charge in [-0.2, -0.15) is 0 Å². The van der Waals surface area contributed by atoms with Crippen LogP contribution in [0.2, 0.25) is 0 Å². The van der Waals surface area contributed by atoms with Gasteiger partial charge in [-0.1, -0.05) is 13.8 Å². The molecule has 0 unspecified atom stereocenters. The lowest BCUT2D eigenvalue weighted by molar-refractivity contribution is 0.101. The van der Waals surface area contributed by atoms with E-state index in [9.17, 15) is 4.79 Å². The van der Waals surface area contributed by atoms with Crippen molar-refractivity contribution in [2.45, 2.75) is 33.6 Å². The molecule has 19 heavy (non-hydrogen) atoms. The van der Waals surface area contributed by atoms with Crippen LogP contribution in [0.3, 0.4) is 0 Å². The largest absolute Gasteiger partial charge is 0.297 e. The Hall–Kier alpha value is -2.31. The summed E-state index contributed by atoms with van der Waals surface area (Å²) in [6.45, 7) is 7.62. The van der Waals surface area contributed by atoms with Gasteiger partial charge in [0.05, 0.1) is 0 Å². The number of hydrogen-bond donors (Lipinski definition) is 2. The molecule has 7 nitrogen and oxygen atoms in total. The van der Waals surface area contributed by atoms with Crippen molar-refractivity contribution in [1.29, 1.82) is 0 Å². The van der Waals surface area contributed by atoms with E-state index in [1.54, 1.807) is 0 Å². The molecule has 2 aromatic rings. The Morgan fingerprint density at radius 3 is 2.37 bits per heavy atom. The predicted octanol–water partition coefficient (Wildman–Crippen LogP) is 1.59. The second-order valence-corrected chi connectivity index (χ2v) is 4.63. The third-order valence-corrected chi connectivity index (χ3v) is 2.46. The van der Waals surface area contributed by atoms with Gasteiger partial charge in [-0.05, 0) is 19.9 Å². The number of rotatable bonds is 3. The number of carbonyl (C=O) groups excluding carboxylic acids is 1. The summed E-state index contributed by atoms with van der Waals surface area (Å²) in [4.78, 5) is 24.3. The van der Waals surface area contributed by atoms with Crippen molar-refractivity contribution < 1.29 is 4.79 Å². The van der Waals surface area contributed by atoms with Crippen molar-refractivity contribution in [2.75, 3.05) is 5.32 Å². The van der Waals surface area contributed by atoms with Gasteiger partial charge < -0.3 is 0 Å². The number of aryl methyl sites for hydroxylation is 2. The normalized spacial score (nSPS) is 10.8. The van der Waals surface area contributed by atoms with Gasteiger partial charge in [0, 0.05) is 17.3 Å². The predicted molar refractivity (Wildman–Crippen MR) is 69.9 cm³/mol. The Balaban J connectivity index is 2.15. The smallest absolute Gasteiger partial charge is 0.288 e.